The maximum Gasteiger partial charge on any atom is 0.472 e. The summed E-state index contributed by atoms with van der Waals surface area (Å²) < 4.78 is 33.5. The van der Waals surface area contributed by atoms with Crippen LogP contribution in [0, 0.1) is 0 Å². The summed E-state index contributed by atoms with van der Waals surface area (Å²) in [6.07, 6.45) is 35.2. The second kappa shape index (κ2) is 38.5. The van der Waals surface area contributed by atoms with Gasteiger partial charge in [0.15, 0.2) is 6.10 Å². The minimum atomic E-state index is -5.13. The van der Waals surface area contributed by atoms with Crippen LogP contribution in [-0.2, 0) is 32.7 Å². The largest absolute Gasteiger partial charge is 0.472 e. The highest BCUT2D eigenvalue weighted by Gasteiger charge is 2.51. The van der Waals surface area contributed by atoms with Crippen molar-refractivity contribution in [3.05, 3.63) is 72.9 Å². The van der Waals surface area contributed by atoms with Crippen molar-refractivity contribution in [2.24, 2.45) is 0 Å². The van der Waals surface area contributed by atoms with E-state index in [1.807, 2.05) is 0 Å². The first-order valence-electron chi connectivity index (χ1n) is 23.7. The van der Waals surface area contributed by atoms with E-state index in [-0.39, 0.29) is 12.8 Å². The lowest BCUT2D eigenvalue weighted by Gasteiger charge is -2.41. The molecule has 0 amide bonds. The Balaban J connectivity index is 2.48. The van der Waals surface area contributed by atoms with Gasteiger partial charge >= 0.3 is 19.8 Å². The molecule has 8 atom stereocenters. The average Bonchev–Trinajstić information content (AvgIpc) is 3.26. The maximum atomic E-state index is 12.8. The Hall–Kier alpha value is -2.71. The van der Waals surface area contributed by atoms with E-state index in [2.05, 4.69) is 86.8 Å². The number of aliphatic hydroxyl groups is 5. The Morgan fingerprint density at radius 2 is 0.889 bits per heavy atom. The Morgan fingerprint density at radius 1 is 0.492 bits per heavy atom. The number of unbranched alkanes of at least 4 members (excludes halogenated alkanes) is 14. The second-order valence-corrected chi connectivity index (χ2v) is 17.7. The molecule has 63 heavy (non-hydrogen) atoms. The van der Waals surface area contributed by atoms with Crippen molar-refractivity contribution < 1.29 is 63.1 Å². The van der Waals surface area contributed by atoms with Gasteiger partial charge in [-0.2, -0.15) is 0 Å². The van der Waals surface area contributed by atoms with E-state index in [1.165, 1.54) is 25.7 Å². The first-order valence-corrected chi connectivity index (χ1v) is 25.2. The third-order valence-corrected chi connectivity index (χ3v) is 11.5. The highest BCUT2D eigenvalue weighted by molar-refractivity contribution is 7.47. The Kier molecular flexibility index (Phi) is 35.7. The number of hydrogen-bond donors (Lipinski definition) is 6. The van der Waals surface area contributed by atoms with Gasteiger partial charge in [-0.1, -0.05) is 145 Å². The predicted octanol–water partition coefficient (Wildman–Crippen LogP) is 9.50. The van der Waals surface area contributed by atoms with Gasteiger partial charge in [0, 0.05) is 12.8 Å². The number of carbonyl (C=O) groups excluding carboxylic acids is 2. The zero-order valence-electron chi connectivity index (χ0n) is 38.3. The predicted molar refractivity (Wildman–Crippen MR) is 249 cm³/mol. The number of phosphoric acid groups is 1. The Morgan fingerprint density at radius 3 is 1.38 bits per heavy atom. The Labute approximate surface area is 378 Å². The standard InChI is InChI=1S/C49H83O13P/c1-3-5-7-9-11-13-15-17-19-21-23-25-27-29-31-33-35-37-42(50)59-39-41(40-60-63(57,58)62-49-47(55)45(53)44(52)46(54)48(49)56)61-43(51)38-36-34-32-30-28-26-24-22-20-18-16-14-12-10-8-6-4-2/h7,9,12-15,18-21,25,27,41,44-49,52-56H,3-6,8,10-11,16-17,22-24,26,28-40H2,1-2H3,(H,57,58)/b9-7+,14-12+,15-13+,20-18+,21-19+,27-25+/t41-,44?,45-,46?,47?,48?,49?/m0/s1. The molecule has 0 radical (unpaired) electrons. The molecule has 1 saturated carbocycles. The molecule has 0 aromatic heterocycles. The lowest BCUT2D eigenvalue weighted by Crippen LogP contribution is -2.64. The van der Waals surface area contributed by atoms with E-state index < -0.39 is 75.7 Å². The minimum Gasteiger partial charge on any atom is -0.462 e. The van der Waals surface area contributed by atoms with Crippen LogP contribution in [0.5, 0.6) is 0 Å². The molecule has 0 aliphatic heterocycles. The fraction of sp³-hybridized carbons (Fsp3) is 0.714. The van der Waals surface area contributed by atoms with Crippen LogP contribution in [-0.4, -0.2) is 98.3 Å². The van der Waals surface area contributed by atoms with Crippen LogP contribution in [0.4, 0.5) is 0 Å². The summed E-state index contributed by atoms with van der Waals surface area (Å²) in [5.74, 6) is -1.15. The van der Waals surface area contributed by atoms with Gasteiger partial charge in [0.2, 0.25) is 0 Å². The number of aliphatic hydroxyl groups excluding tert-OH is 5. The van der Waals surface area contributed by atoms with Gasteiger partial charge in [-0.05, 0) is 83.5 Å². The molecule has 6 unspecified atom stereocenters. The van der Waals surface area contributed by atoms with Gasteiger partial charge in [-0.15, -0.1) is 0 Å². The minimum absolute atomic E-state index is 0.0769. The monoisotopic (exact) mass is 911 g/mol. The topological polar surface area (TPSA) is 210 Å². The van der Waals surface area contributed by atoms with Crippen LogP contribution in [0.25, 0.3) is 0 Å². The number of phosphoric ester groups is 1. The molecular weight excluding hydrogens is 827 g/mol. The van der Waals surface area contributed by atoms with Gasteiger partial charge in [0.25, 0.3) is 0 Å². The molecular formula is C49H83O13P. The molecule has 1 aliphatic carbocycles. The fourth-order valence-corrected chi connectivity index (χ4v) is 7.63. The lowest BCUT2D eigenvalue weighted by atomic mass is 9.85. The normalized spacial score (nSPS) is 22.3. The summed E-state index contributed by atoms with van der Waals surface area (Å²) in [6.45, 7) is 3.17. The molecule has 0 aromatic rings. The number of hydrogen-bond acceptors (Lipinski definition) is 12. The third kappa shape index (κ3) is 31.0. The van der Waals surface area contributed by atoms with Crippen LogP contribution in [0.2, 0.25) is 0 Å². The zero-order chi connectivity index (χ0) is 46.4. The van der Waals surface area contributed by atoms with E-state index in [1.54, 1.807) is 0 Å². The van der Waals surface area contributed by atoms with Crippen molar-refractivity contribution in [1.82, 2.24) is 0 Å². The van der Waals surface area contributed by atoms with Crippen molar-refractivity contribution in [3.63, 3.8) is 0 Å². The maximum absolute atomic E-state index is 12.8. The third-order valence-electron chi connectivity index (χ3n) is 10.5. The van der Waals surface area contributed by atoms with Gasteiger partial charge in [0.1, 0.15) is 43.2 Å². The summed E-state index contributed by atoms with van der Waals surface area (Å²) >= 11 is 0. The molecule has 14 heteroatoms. The molecule has 6 N–H and O–H groups in total. The first kappa shape index (κ1) is 58.3. The highest BCUT2D eigenvalue weighted by Crippen LogP contribution is 2.47. The summed E-state index contributed by atoms with van der Waals surface area (Å²) in [5, 5.41) is 50.2. The quantitative estimate of drug-likeness (QED) is 0.0148. The molecule has 13 nitrogen and oxygen atoms in total. The molecule has 0 spiro atoms. The molecule has 0 aromatic carbocycles. The molecule has 1 fully saturated rings. The molecule has 362 valence electrons. The van der Waals surface area contributed by atoms with Crippen LogP contribution < -0.4 is 0 Å². The molecule has 1 rings (SSSR count). The van der Waals surface area contributed by atoms with Crippen molar-refractivity contribution in [1.29, 1.82) is 0 Å². The molecule has 0 saturated heterocycles. The summed E-state index contributed by atoms with van der Waals surface area (Å²) in [7, 11) is -5.13. The van der Waals surface area contributed by atoms with Gasteiger partial charge in [-0.25, -0.2) is 4.57 Å². The molecule has 1 aliphatic rings. The number of allylic oxidation sites excluding steroid dienone is 12. The molecule has 0 heterocycles. The average molecular weight is 911 g/mol. The SMILES string of the molecule is CCC/C=C/C/C=C/C/C=C/C/C=C/CCCCCC(=O)OC[C@@H](COP(=O)(O)OC1C(O)C(O)C(O)[C@H](O)C1O)OC(=O)CCCCCCCCC/C=C/C/C=C/CCCCC. The van der Waals surface area contributed by atoms with Crippen molar-refractivity contribution in [2.45, 2.75) is 211 Å². The van der Waals surface area contributed by atoms with Gasteiger partial charge < -0.3 is 39.9 Å². The van der Waals surface area contributed by atoms with E-state index >= 15 is 0 Å². The van der Waals surface area contributed by atoms with E-state index in [9.17, 15) is 44.6 Å². The second-order valence-electron chi connectivity index (χ2n) is 16.3. The van der Waals surface area contributed by atoms with Crippen LogP contribution in [0.15, 0.2) is 72.9 Å². The highest BCUT2D eigenvalue weighted by atomic mass is 31.2. The zero-order valence-corrected chi connectivity index (χ0v) is 39.2. The Bertz CT molecular complexity index is 1380. The van der Waals surface area contributed by atoms with Crippen molar-refractivity contribution in [2.75, 3.05) is 13.2 Å². The lowest BCUT2D eigenvalue weighted by molar-refractivity contribution is -0.220. The van der Waals surface area contributed by atoms with Crippen LogP contribution in [0.1, 0.15) is 168 Å². The van der Waals surface area contributed by atoms with Gasteiger partial charge in [0.05, 0.1) is 6.61 Å². The number of ether oxygens (including phenoxy) is 2. The van der Waals surface area contributed by atoms with Crippen LogP contribution >= 0.6 is 7.82 Å². The summed E-state index contributed by atoms with van der Waals surface area (Å²) in [5.41, 5.74) is 0. The smallest absolute Gasteiger partial charge is 0.462 e. The van der Waals surface area contributed by atoms with Gasteiger partial charge in [-0.3, -0.25) is 18.6 Å². The fourth-order valence-electron chi connectivity index (χ4n) is 6.66. The van der Waals surface area contributed by atoms with E-state index in [0.29, 0.717) is 12.8 Å². The molecule has 0 bridgehead atoms. The van der Waals surface area contributed by atoms with Crippen molar-refractivity contribution >= 4 is 19.8 Å². The number of rotatable bonds is 38. The number of carbonyl (C=O) groups is 2. The van der Waals surface area contributed by atoms with E-state index in [0.717, 1.165) is 103 Å². The summed E-state index contributed by atoms with van der Waals surface area (Å²) in [4.78, 5) is 35.7. The summed E-state index contributed by atoms with van der Waals surface area (Å²) in [6, 6.07) is 0. The van der Waals surface area contributed by atoms with Crippen LogP contribution in [0.3, 0.4) is 0 Å². The number of esters is 2. The first-order chi connectivity index (χ1) is 30.4. The van der Waals surface area contributed by atoms with E-state index in [4.69, 9.17) is 18.5 Å². The van der Waals surface area contributed by atoms with Crippen molar-refractivity contribution in [3.8, 4) is 0 Å².